The summed E-state index contributed by atoms with van der Waals surface area (Å²) in [7, 11) is 1.50. The minimum absolute atomic E-state index is 0.0178. The Morgan fingerprint density at radius 2 is 2.00 bits per heavy atom. The highest BCUT2D eigenvalue weighted by Crippen LogP contribution is 2.36. The van der Waals surface area contributed by atoms with Crippen molar-refractivity contribution in [1.29, 1.82) is 0 Å². The summed E-state index contributed by atoms with van der Waals surface area (Å²) in [6.07, 6.45) is 5.42. The van der Waals surface area contributed by atoms with E-state index in [9.17, 15) is 14.9 Å². The van der Waals surface area contributed by atoms with Crippen LogP contribution in [0.4, 0.5) is 10.5 Å². The van der Waals surface area contributed by atoms with Crippen LogP contribution in [0.25, 0.3) is 0 Å². The second-order valence-corrected chi connectivity index (χ2v) is 6.85. The molecule has 2 unspecified atom stereocenters. The van der Waals surface area contributed by atoms with Gasteiger partial charge in [0.15, 0.2) is 0 Å². The first-order valence-corrected chi connectivity index (χ1v) is 8.98. The molecule has 1 saturated carbocycles. The normalized spacial score (nSPS) is 24.0. The summed E-state index contributed by atoms with van der Waals surface area (Å²) in [5.74, 6) is 0.901. The summed E-state index contributed by atoms with van der Waals surface area (Å²) in [5, 5.41) is 15.7. The molecule has 2 saturated heterocycles. The van der Waals surface area contributed by atoms with Gasteiger partial charge in [0, 0.05) is 12.1 Å². The monoisotopic (exact) mass is 365 g/mol. The van der Waals surface area contributed by atoms with Gasteiger partial charge in [0.05, 0.1) is 36.5 Å². The number of benzene rings is 1. The van der Waals surface area contributed by atoms with E-state index in [1.807, 2.05) is 0 Å². The van der Waals surface area contributed by atoms with E-state index < -0.39 is 4.92 Å². The summed E-state index contributed by atoms with van der Waals surface area (Å²) in [4.78, 5) is 21.7. The molecule has 5 rings (SSSR count). The van der Waals surface area contributed by atoms with Crippen molar-refractivity contribution in [3.63, 3.8) is 0 Å². The third-order valence-electron chi connectivity index (χ3n) is 4.20. The third-order valence-corrected chi connectivity index (χ3v) is 5.05. The van der Waals surface area contributed by atoms with Crippen LogP contribution in [0.15, 0.2) is 29.4 Å². The number of hydrogen-bond acceptors (Lipinski definition) is 7. The van der Waals surface area contributed by atoms with Gasteiger partial charge in [0.2, 0.25) is 5.90 Å². The summed E-state index contributed by atoms with van der Waals surface area (Å²) in [5.41, 5.74) is 0.782. The van der Waals surface area contributed by atoms with Crippen molar-refractivity contribution in [2.24, 2.45) is 5.10 Å². The van der Waals surface area contributed by atoms with Crippen LogP contribution in [0.3, 0.4) is 0 Å². The lowest BCUT2D eigenvalue weighted by Crippen LogP contribution is -2.29. The second kappa shape index (κ2) is 7.83. The molecule has 1 aromatic rings. The number of nitro groups is 1. The Hall–Kier alpha value is -2.13. The van der Waals surface area contributed by atoms with E-state index >= 15 is 0 Å². The molecule has 3 heterocycles. The van der Waals surface area contributed by atoms with Gasteiger partial charge in [-0.15, -0.1) is 5.10 Å². The quantitative estimate of drug-likeness (QED) is 0.603. The molecule has 4 aliphatic rings. The van der Waals surface area contributed by atoms with Crippen molar-refractivity contribution >= 4 is 28.6 Å². The van der Waals surface area contributed by atoms with Crippen molar-refractivity contribution in [1.82, 2.24) is 5.01 Å². The van der Waals surface area contributed by atoms with Crippen molar-refractivity contribution in [2.45, 2.75) is 38.0 Å². The number of hydrogen-bond donors (Lipinski definition) is 0. The average molecular weight is 365 g/mol. The van der Waals surface area contributed by atoms with Gasteiger partial charge in [-0.05, 0) is 24.8 Å². The fourth-order valence-electron chi connectivity index (χ4n) is 2.80. The molecule has 1 aromatic carbocycles. The molecule has 3 aliphatic heterocycles. The number of nitro benzene ring substituents is 1. The van der Waals surface area contributed by atoms with E-state index in [4.69, 9.17) is 9.47 Å². The van der Waals surface area contributed by atoms with Crippen molar-refractivity contribution in [3.8, 4) is 0 Å². The number of carbonyl (C=O) groups excluding carboxylic acids is 1. The first kappa shape index (κ1) is 17.7. The summed E-state index contributed by atoms with van der Waals surface area (Å²) >= 11 is 1.11. The molecule has 8 nitrogen and oxygen atoms in total. The van der Waals surface area contributed by atoms with E-state index in [-0.39, 0.29) is 17.5 Å². The van der Waals surface area contributed by atoms with Crippen LogP contribution in [-0.4, -0.2) is 46.1 Å². The summed E-state index contributed by atoms with van der Waals surface area (Å²) in [6, 6.07) is 6.01. The van der Waals surface area contributed by atoms with Gasteiger partial charge in [-0.2, -0.15) is 0 Å². The molecule has 0 N–H and O–H groups in total. The molecule has 0 aromatic heterocycles. The van der Waals surface area contributed by atoms with Crippen molar-refractivity contribution in [3.05, 3.63) is 39.9 Å². The van der Waals surface area contributed by atoms with Crippen LogP contribution in [0.1, 0.15) is 24.8 Å². The number of fused-ring (bicyclic) bond motifs is 1. The maximum atomic E-state index is 11.7. The van der Waals surface area contributed by atoms with Crippen LogP contribution in [0, 0.1) is 10.1 Å². The third kappa shape index (κ3) is 4.49. The number of thioether (sulfide) groups is 1. The van der Waals surface area contributed by atoms with Crippen molar-refractivity contribution < 1.29 is 19.2 Å². The zero-order valence-electron chi connectivity index (χ0n) is 13.8. The maximum absolute atomic E-state index is 11.7. The van der Waals surface area contributed by atoms with Crippen LogP contribution in [-0.2, 0) is 16.0 Å². The number of methoxy groups -OCH3 is 1. The molecular formula is C16H19N3O5S. The molecule has 134 valence electrons. The van der Waals surface area contributed by atoms with Gasteiger partial charge < -0.3 is 9.47 Å². The topological polar surface area (TPSA) is 94.3 Å². The van der Waals surface area contributed by atoms with E-state index in [0.717, 1.165) is 17.3 Å². The standard InChI is InChI=1S/C11H11N3O4S.C5H8O/c1-18-10-7-19-11(15)13(12-10)6-8-2-4-9(5-3-8)14(16)17;1-2-5-3-4(1)6-5/h2-5H,6-7H2,1H3;4-5H,1-3H2. The van der Waals surface area contributed by atoms with Gasteiger partial charge >= 0.3 is 5.24 Å². The van der Waals surface area contributed by atoms with Gasteiger partial charge in [0.1, 0.15) is 0 Å². The van der Waals surface area contributed by atoms with E-state index in [0.29, 0.717) is 23.9 Å². The van der Waals surface area contributed by atoms with E-state index in [1.165, 1.54) is 43.5 Å². The van der Waals surface area contributed by atoms with Crippen LogP contribution in [0.2, 0.25) is 0 Å². The predicted molar refractivity (Wildman–Crippen MR) is 93.4 cm³/mol. The number of ether oxygens (including phenoxy) is 2. The molecule has 0 spiro atoms. The lowest BCUT2D eigenvalue weighted by molar-refractivity contribution is -0.384. The van der Waals surface area contributed by atoms with Crippen LogP contribution in [0.5, 0.6) is 0 Å². The van der Waals surface area contributed by atoms with Gasteiger partial charge in [-0.1, -0.05) is 23.9 Å². The minimum Gasteiger partial charge on any atom is -0.482 e. The van der Waals surface area contributed by atoms with E-state index in [2.05, 4.69) is 5.10 Å². The molecule has 1 amide bonds. The second-order valence-electron chi connectivity index (χ2n) is 5.93. The van der Waals surface area contributed by atoms with Gasteiger partial charge in [-0.25, -0.2) is 5.01 Å². The fraction of sp³-hybridized carbons (Fsp3) is 0.500. The zero-order valence-corrected chi connectivity index (χ0v) is 14.6. The molecule has 9 heteroatoms. The van der Waals surface area contributed by atoms with Gasteiger partial charge in [0.25, 0.3) is 5.69 Å². The molecule has 3 fully saturated rings. The molecular weight excluding hydrogens is 346 g/mol. The first-order valence-electron chi connectivity index (χ1n) is 7.99. The van der Waals surface area contributed by atoms with Crippen LogP contribution >= 0.6 is 11.8 Å². The molecule has 25 heavy (non-hydrogen) atoms. The Bertz CT molecular complexity index is 659. The molecule has 2 bridgehead atoms. The number of nitrogens with zero attached hydrogens (tertiary/aromatic N) is 3. The highest BCUT2D eigenvalue weighted by atomic mass is 32.2. The summed E-state index contributed by atoms with van der Waals surface area (Å²) in [6.45, 7) is 0.261. The highest BCUT2D eigenvalue weighted by Gasteiger charge is 2.36. The zero-order chi connectivity index (χ0) is 17.8. The lowest BCUT2D eigenvalue weighted by Gasteiger charge is -2.23. The Kier molecular flexibility index (Phi) is 5.54. The Balaban J connectivity index is 0.000000250. The molecule has 2 atom stereocenters. The maximum Gasteiger partial charge on any atom is 0.302 e. The SMILES string of the molecule is C1CC2CC1O2.COC1=NN(Cc2ccc([N+](=O)[O-])cc2)C(=O)SC1. The molecule has 0 radical (unpaired) electrons. The summed E-state index contributed by atoms with van der Waals surface area (Å²) < 4.78 is 10.3. The Morgan fingerprint density at radius 3 is 2.48 bits per heavy atom. The van der Waals surface area contributed by atoms with E-state index in [1.54, 1.807) is 12.1 Å². The number of rotatable bonds is 3. The Morgan fingerprint density at radius 1 is 1.36 bits per heavy atom. The van der Waals surface area contributed by atoms with Gasteiger partial charge in [-0.3, -0.25) is 14.9 Å². The fourth-order valence-corrected chi connectivity index (χ4v) is 3.47. The predicted octanol–water partition coefficient (Wildman–Crippen LogP) is 3.16. The highest BCUT2D eigenvalue weighted by molar-refractivity contribution is 8.14. The average Bonchev–Trinajstić information content (AvgIpc) is 3.23. The molecule has 1 aliphatic carbocycles. The number of carbonyl (C=O) groups is 1. The number of non-ortho nitro benzene ring substituents is 1. The largest absolute Gasteiger partial charge is 0.482 e. The number of hydrazone groups is 1. The van der Waals surface area contributed by atoms with Crippen molar-refractivity contribution in [2.75, 3.05) is 12.9 Å². The number of amides is 1. The van der Waals surface area contributed by atoms with Crippen LogP contribution < -0.4 is 0 Å². The Labute approximate surface area is 149 Å². The minimum atomic E-state index is -0.465. The smallest absolute Gasteiger partial charge is 0.302 e. The first-order chi connectivity index (χ1) is 12.0. The lowest BCUT2D eigenvalue weighted by atomic mass is 10.2.